The fraction of sp³-hybridized carbons (Fsp3) is 0.467. The van der Waals surface area contributed by atoms with Crippen LogP contribution in [0, 0.1) is 9.49 Å². The van der Waals surface area contributed by atoms with Crippen LogP contribution in [0.5, 0.6) is 0 Å². The van der Waals surface area contributed by atoms with E-state index in [1.807, 2.05) is 24.3 Å². The molecule has 1 aliphatic rings. The summed E-state index contributed by atoms with van der Waals surface area (Å²) in [6, 6.07) is 6.38. The number of carbonyl (C=O) groups excluding carboxylic acids is 1. The van der Waals surface area contributed by atoms with E-state index in [1.54, 1.807) is 0 Å². The largest absolute Gasteiger partial charge is 0.480 e. The zero-order valence-corrected chi connectivity index (χ0v) is 14.0. The smallest absolute Gasteiger partial charge is 0.326 e. The molecule has 1 aliphatic heterocycles. The second-order valence-corrected chi connectivity index (χ2v) is 6.42. The second-order valence-electron chi connectivity index (χ2n) is 5.26. The van der Waals surface area contributed by atoms with Gasteiger partial charge >= 0.3 is 12.0 Å². The Kier molecular flexibility index (Phi) is 5.44. The average molecular weight is 402 g/mol. The molecule has 1 saturated heterocycles. The number of carboxylic acid groups (broad SMARTS) is 1. The average Bonchev–Trinajstić information content (AvgIpc) is 2.48. The summed E-state index contributed by atoms with van der Waals surface area (Å²) in [4.78, 5) is 25.2. The number of halogens is 1. The summed E-state index contributed by atoms with van der Waals surface area (Å²) in [5.41, 5.74) is 0.713. The molecule has 114 valence electrons. The highest BCUT2D eigenvalue weighted by Gasteiger charge is 2.35. The summed E-state index contributed by atoms with van der Waals surface area (Å²) < 4.78 is 0.929. The van der Waals surface area contributed by atoms with Crippen molar-refractivity contribution in [1.29, 1.82) is 0 Å². The van der Waals surface area contributed by atoms with Crippen LogP contribution < -0.4 is 5.32 Å². The van der Waals surface area contributed by atoms with E-state index < -0.39 is 12.0 Å². The Morgan fingerprint density at radius 1 is 1.43 bits per heavy atom. The molecule has 2 N–H and O–H groups in total. The third-order valence-electron chi connectivity index (χ3n) is 3.95. The van der Waals surface area contributed by atoms with E-state index in [2.05, 4.69) is 34.8 Å². The maximum absolute atomic E-state index is 12.4. The molecule has 2 amide bonds. The fourth-order valence-electron chi connectivity index (χ4n) is 2.64. The lowest BCUT2D eigenvalue weighted by molar-refractivity contribution is -0.143. The van der Waals surface area contributed by atoms with Crippen LogP contribution in [0.1, 0.15) is 26.2 Å². The van der Waals surface area contributed by atoms with Gasteiger partial charge in [-0.2, -0.15) is 0 Å². The van der Waals surface area contributed by atoms with Crippen molar-refractivity contribution in [2.45, 2.75) is 32.2 Å². The molecule has 1 aromatic rings. The van der Waals surface area contributed by atoms with Gasteiger partial charge in [0.05, 0.1) is 5.69 Å². The topological polar surface area (TPSA) is 69.6 Å². The molecule has 1 heterocycles. The number of aliphatic carboxylic acids is 1. The molecule has 0 radical (unpaired) electrons. The van der Waals surface area contributed by atoms with Crippen LogP contribution in [0.3, 0.4) is 0 Å². The number of amides is 2. The molecular weight excluding hydrogens is 383 g/mol. The van der Waals surface area contributed by atoms with E-state index in [9.17, 15) is 14.7 Å². The van der Waals surface area contributed by atoms with Crippen LogP contribution in [-0.4, -0.2) is 34.6 Å². The Bertz CT molecular complexity index is 535. The first-order valence-electron chi connectivity index (χ1n) is 7.07. The van der Waals surface area contributed by atoms with Crippen molar-refractivity contribution in [2.75, 3.05) is 11.9 Å². The van der Waals surface area contributed by atoms with Crippen molar-refractivity contribution in [2.24, 2.45) is 5.92 Å². The number of rotatable bonds is 3. The van der Waals surface area contributed by atoms with Gasteiger partial charge < -0.3 is 15.3 Å². The molecule has 2 rings (SSSR count). The Labute approximate surface area is 137 Å². The Morgan fingerprint density at radius 2 is 2.14 bits per heavy atom. The van der Waals surface area contributed by atoms with Gasteiger partial charge in [0.15, 0.2) is 0 Å². The van der Waals surface area contributed by atoms with Gasteiger partial charge in [-0.3, -0.25) is 0 Å². The molecule has 0 aromatic heterocycles. The number of benzene rings is 1. The third-order valence-corrected chi connectivity index (χ3v) is 4.89. The number of nitrogens with one attached hydrogen (secondary N) is 1. The van der Waals surface area contributed by atoms with Gasteiger partial charge in [0.1, 0.15) is 6.04 Å². The van der Waals surface area contributed by atoms with Crippen molar-refractivity contribution < 1.29 is 14.7 Å². The number of anilines is 1. The number of likely N-dealkylation sites (tertiary alicyclic amines) is 1. The Morgan fingerprint density at radius 3 is 2.76 bits per heavy atom. The Balaban J connectivity index is 2.10. The summed E-state index contributed by atoms with van der Waals surface area (Å²) in [5.74, 6) is -0.543. The summed E-state index contributed by atoms with van der Waals surface area (Å²) in [5, 5.41) is 12.2. The lowest BCUT2D eigenvalue weighted by Gasteiger charge is -2.36. The Hall–Kier alpha value is -1.31. The van der Waals surface area contributed by atoms with Crippen molar-refractivity contribution in [1.82, 2.24) is 4.90 Å². The molecule has 1 aromatic carbocycles. The van der Waals surface area contributed by atoms with Gasteiger partial charge in [-0.05, 0) is 53.5 Å². The monoisotopic (exact) mass is 402 g/mol. The summed E-state index contributed by atoms with van der Waals surface area (Å²) in [7, 11) is 0. The van der Waals surface area contributed by atoms with Crippen LogP contribution in [0.25, 0.3) is 0 Å². The molecule has 21 heavy (non-hydrogen) atoms. The first-order chi connectivity index (χ1) is 10.0. The van der Waals surface area contributed by atoms with Crippen LogP contribution in [0.4, 0.5) is 10.5 Å². The molecular formula is C15H19IN2O3. The van der Waals surface area contributed by atoms with Crippen molar-refractivity contribution in [3.63, 3.8) is 0 Å². The SMILES string of the molecule is CCC1CCN(C(=O)Nc2ccccc2I)C(C(=O)O)C1. The lowest BCUT2D eigenvalue weighted by atomic mass is 9.89. The number of nitrogens with zero attached hydrogens (tertiary/aromatic N) is 1. The third kappa shape index (κ3) is 3.87. The van der Waals surface area contributed by atoms with Gasteiger partial charge in [0.25, 0.3) is 0 Å². The molecule has 2 atom stereocenters. The van der Waals surface area contributed by atoms with E-state index in [1.165, 1.54) is 4.90 Å². The highest BCUT2D eigenvalue weighted by atomic mass is 127. The predicted molar refractivity (Wildman–Crippen MR) is 89.3 cm³/mol. The first kappa shape index (κ1) is 16.1. The minimum Gasteiger partial charge on any atom is -0.480 e. The van der Waals surface area contributed by atoms with Crippen molar-refractivity contribution in [3.8, 4) is 0 Å². The zero-order valence-electron chi connectivity index (χ0n) is 11.9. The van der Waals surface area contributed by atoms with E-state index in [0.717, 1.165) is 16.4 Å². The van der Waals surface area contributed by atoms with Gasteiger partial charge in [-0.1, -0.05) is 25.5 Å². The number of piperidine rings is 1. The van der Waals surface area contributed by atoms with E-state index in [4.69, 9.17) is 0 Å². The molecule has 0 saturated carbocycles. The number of carbonyl (C=O) groups is 2. The van der Waals surface area contributed by atoms with Crippen LogP contribution in [-0.2, 0) is 4.79 Å². The van der Waals surface area contributed by atoms with E-state index >= 15 is 0 Å². The van der Waals surface area contributed by atoms with Crippen LogP contribution in [0.15, 0.2) is 24.3 Å². The standard InChI is InChI=1S/C15H19IN2O3/c1-2-10-7-8-18(13(9-10)14(19)20)15(21)17-12-6-4-3-5-11(12)16/h3-6,10,13H,2,7-9H2,1H3,(H,17,21)(H,19,20). The van der Waals surface area contributed by atoms with Gasteiger partial charge in [0.2, 0.25) is 0 Å². The normalized spacial score (nSPS) is 21.9. The van der Waals surface area contributed by atoms with Gasteiger partial charge in [0, 0.05) is 10.1 Å². The minimum absolute atomic E-state index is 0.332. The molecule has 0 bridgehead atoms. The minimum atomic E-state index is -0.925. The lowest BCUT2D eigenvalue weighted by Crippen LogP contribution is -2.51. The fourth-order valence-corrected chi connectivity index (χ4v) is 3.16. The van der Waals surface area contributed by atoms with Crippen molar-refractivity contribution >= 4 is 40.3 Å². The van der Waals surface area contributed by atoms with Crippen molar-refractivity contribution in [3.05, 3.63) is 27.8 Å². The second kappa shape index (κ2) is 7.11. The number of para-hydroxylation sites is 1. The van der Waals surface area contributed by atoms with Gasteiger partial charge in [-0.15, -0.1) is 0 Å². The zero-order chi connectivity index (χ0) is 15.4. The maximum Gasteiger partial charge on any atom is 0.326 e. The highest BCUT2D eigenvalue weighted by Crippen LogP contribution is 2.26. The summed E-state index contributed by atoms with van der Waals surface area (Å²) in [6.45, 7) is 2.55. The maximum atomic E-state index is 12.4. The number of hydrogen-bond donors (Lipinski definition) is 2. The summed E-state index contributed by atoms with van der Waals surface area (Å²) >= 11 is 2.14. The number of urea groups is 1. The number of hydrogen-bond acceptors (Lipinski definition) is 2. The molecule has 6 heteroatoms. The quantitative estimate of drug-likeness (QED) is 0.762. The van der Waals surface area contributed by atoms with E-state index in [0.29, 0.717) is 24.6 Å². The van der Waals surface area contributed by atoms with Crippen LogP contribution in [0.2, 0.25) is 0 Å². The molecule has 0 spiro atoms. The highest BCUT2D eigenvalue weighted by molar-refractivity contribution is 14.1. The molecule has 0 aliphatic carbocycles. The van der Waals surface area contributed by atoms with E-state index in [-0.39, 0.29) is 6.03 Å². The number of carboxylic acids is 1. The molecule has 2 unspecified atom stereocenters. The molecule has 5 nitrogen and oxygen atoms in total. The first-order valence-corrected chi connectivity index (χ1v) is 8.15. The van der Waals surface area contributed by atoms with Gasteiger partial charge in [-0.25, -0.2) is 9.59 Å². The summed E-state index contributed by atoms with van der Waals surface area (Å²) in [6.07, 6.45) is 2.35. The molecule has 1 fully saturated rings. The predicted octanol–water partition coefficient (Wildman–Crippen LogP) is 3.40. The van der Waals surface area contributed by atoms with Crippen LogP contribution >= 0.6 is 22.6 Å².